The van der Waals surface area contributed by atoms with Gasteiger partial charge in [0.15, 0.2) is 22.2 Å². The van der Waals surface area contributed by atoms with E-state index < -0.39 is 32.5 Å². The molecule has 0 bridgehead atoms. The Kier molecular flexibility index (Phi) is 6.30. The second-order valence-electron chi connectivity index (χ2n) is 6.99. The number of anilines is 2. The number of amides is 2. The predicted octanol–water partition coefficient (Wildman–Crippen LogP) is 1.68. The molecule has 0 aromatic heterocycles. The lowest BCUT2D eigenvalue weighted by molar-refractivity contribution is -0.121. The molecule has 9 nitrogen and oxygen atoms in total. The number of sulfone groups is 1. The summed E-state index contributed by atoms with van der Waals surface area (Å²) in [6.45, 7) is 1.13. The number of methoxy groups -OCH3 is 1. The summed E-state index contributed by atoms with van der Waals surface area (Å²) in [7, 11) is -1.14. The van der Waals surface area contributed by atoms with Gasteiger partial charge in [-0.2, -0.15) is 0 Å². The quantitative estimate of drug-likeness (QED) is 0.643. The Hall–Kier alpha value is -3.40. The highest BCUT2D eigenvalue weighted by molar-refractivity contribution is 7.93. The first kappa shape index (κ1) is 22.3. The fourth-order valence-corrected chi connectivity index (χ4v) is 4.22. The van der Waals surface area contributed by atoms with Crippen LogP contribution in [-0.4, -0.2) is 57.8 Å². The lowest BCUT2D eigenvalue weighted by atomic mass is 10.1. The molecule has 1 aliphatic rings. The number of para-hydroxylation sites is 2. The van der Waals surface area contributed by atoms with Crippen molar-refractivity contribution in [2.45, 2.75) is 12.2 Å². The van der Waals surface area contributed by atoms with Crippen LogP contribution in [0.25, 0.3) is 0 Å². The average molecular weight is 446 g/mol. The largest absolute Gasteiger partial charge is 0.495 e. The van der Waals surface area contributed by atoms with Gasteiger partial charge in [-0.25, -0.2) is 8.42 Å². The zero-order chi connectivity index (χ0) is 22.8. The van der Waals surface area contributed by atoms with Gasteiger partial charge in [0.2, 0.25) is 5.91 Å². The molecule has 1 unspecified atom stereocenters. The first-order valence-corrected chi connectivity index (χ1v) is 11.1. The molecule has 0 saturated carbocycles. The number of benzene rings is 2. The molecule has 31 heavy (non-hydrogen) atoms. The summed E-state index contributed by atoms with van der Waals surface area (Å²) in [5, 5.41) is 1.03. The number of rotatable bonds is 7. The van der Waals surface area contributed by atoms with Crippen molar-refractivity contribution >= 4 is 38.8 Å². The van der Waals surface area contributed by atoms with Crippen molar-refractivity contribution in [2.75, 3.05) is 36.7 Å². The van der Waals surface area contributed by atoms with Crippen molar-refractivity contribution in [1.29, 1.82) is 0 Å². The molecule has 10 heteroatoms. The predicted molar refractivity (Wildman–Crippen MR) is 115 cm³/mol. The van der Waals surface area contributed by atoms with Crippen LogP contribution in [0.5, 0.6) is 11.5 Å². The van der Waals surface area contributed by atoms with E-state index in [1.807, 2.05) is 0 Å². The topological polar surface area (TPSA) is 119 Å². The van der Waals surface area contributed by atoms with Crippen LogP contribution in [0.3, 0.4) is 0 Å². The van der Waals surface area contributed by atoms with Crippen LogP contribution in [0.4, 0.5) is 11.4 Å². The van der Waals surface area contributed by atoms with Gasteiger partial charge in [-0.15, -0.1) is 0 Å². The van der Waals surface area contributed by atoms with Gasteiger partial charge in [0.25, 0.3) is 5.91 Å². The van der Waals surface area contributed by atoms with Gasteiger partial charge in [-0.05, 0) is 37.3 Å². The molecule has 0 radical (unpaired) electrons. The molecule has 2 aromatic rings. The molecular weight excluding hydrogens is 424 g/mol. The number of carbonyl (C=O) groups is 3. The minimum Gasteiger partial charge on any atom is -0.495 e. The zero-order valence-electron chi connectivity index (χ0n) is 17.2. The number of ether oxygens (including phenoxy) is 2. The van der Waals surface area contributed by atoms with Gasteiger partial charge in [-0.3, -0.25) is 14.4 Å². The third-order valence-electron chi connectivity index (χ3n) is 4.95. The molecule has 0 spiro atoms. The number of ketones is 1. The fraction of sp³-hybridized carbons (Fsp3) is 0.286. The SMILES string of the molecule is COc1ccccc1NC(=O)CS(=O)(=O)C(C)C(=O)c1ccc2c(c1)N(C)C(=O)CO2. The van der Waals surface area contributed by atoms with Gasteiger partial charge in [0, 0.05) is 12.6 Å². The van der Waals surface area contributed by atoms with Crippen LogP contribution in [0, 0.1) is 0 Å². The lowest BCUT2D eigenvalue weighted by Gasteiger charge is -2.26. The van der Waals surface area contributed by atoms with Crippen molar-refractivity contribution in [2.24, 2.45) is 0 Å². The van der Waals surface area contributed by atoms with Crippen molar-refractivity contribution in [1.82, 2.24) is 0 Å². The Morgan fingerprint density at radius 2 is 1.94 bits per heavy atom. The van der Waals surface area contributed by atoms with Crippen LogP contribution >= 0.6 is 0 Å². The fourth-order valence-electron chi connectivity index (χ4n) is 3.07. The first-order chi connectivity index (χ1) is 14.6. The van der Waals surface area contributed by atoms with Crippen LogP contribution < -0.4 is 19.7 Å². The van der Waals surface area contributed by atoms with E-state index in [2.05, 4.69) is 5.32 Å². The minimum absolute atomic E-state index is 0.102. The number of hydrogen-bond donors (Lipinski definition) is 1. The van der Waals surface area contributed by atoms with Crippen molar-refractivity contribution < 1.29 is 32.3 Å². The van der Waals surface area contributed by atoms with E-state index in [4.69, 9.17) is 9.47 Å². The van der Waals surface area contributed by atoms with E-state index in [0.717, 1.165) is 0 Å². The van der Waals surface area contributed by atoms with Gasteiger partial charge in [-0.1, -0.05) is 12.1 Å². The second-order valence-corrected chi connectivity index (χ2v) is 9.31. The standard InChI is InChI=1S/C21H22N2O7S/c1-13(21(26)14-8-9-18-16(10-14)23(2)20(25)11-30-18)31(27,28)12-19(24)22-15-6-4-5-7-17(15)29-3/h4-10,13H,11-12H2,1-3H3,(H,22,24). The molecule has 1 atom stereocenters. The average Bonchev–Trinajstić information content (AvgIpc) is 2.75. The number of nitrogens with one attached hydrogen (secondary N) is 1. The molecule has 0 aliphatic carbocycles. The number of carbonyl (C=O) groups excluding carboxylic acids is 3. The third kappa shape index (κ3) is 4.69. The van der Waals surface area contributed by atoms with Crippen LogP contribution in [-0.2, 0) is 19.4 Å². The van der Waals surface area contributed by atoms with Gasteiger partial charge in [0.05, 0.1) is 18.5 Å². The normalized spacial score (nSPS) is 14.3. The van der Waals surface area contributed by atoms with Crippen molar-refractivity contribution in [3.63, 3.8) is 0 Å². The monoisotopic (exact) mass is 446 g/mol. The Morgan fingerprint density at radius 3 is 2.65 bits per heavy atom. The molecular formula is C21H22N2O7S. The number of fused-ring (bicyclic) bond motifs is 1. The molecule has 0 fully saturated rings. The highest BCUT2D eigenvalue weighted by Gasteiger charge is 2.32. The summed E-state index contributed by atoms with van der Waals surface area (Å²) in [6.07, 6.45) is 0. The molecule has 1 heterocycles. The number of likely N-dealkylation sites (N-methyl/N-ethyl adjacent to an activating group) is 1. The van der Waals surface area contributed by atoms with Gasteiger partial charge >= 0.3 is 0 Å². The maximum Gasteiger partial charge on any atom is 0.264 e. The second kappa shape index (κ2) is 8.76. The van der Waals surface area contributed by atoms with E-state index in [1.54, 1.807) is 31.3 Å². The molecule has 1 aliphatic heterocycles. The summed E-state index contributed by atoms with van der Waals surface area (Å²) in [4.78, 5) is 38.3. The molecule has 3 rings (SSSR count). The molecule has 1 N–H and O–H groups in total. The molecule has 2 amide bonds. The summed E-state index contributed by atoms with van der Waals surface area (Å²) >= 11 is 0. The van der Waals surface area contributed by atoms with Gasteiger partial charge in [0.1, 0.15) is 22.5 Å². The van der Waals surface area contributed by atoms with E-state index in [-0.39, 0.29) is 18.1 Å². The summed E-state index contributed by atoms with van der Waals surface area (Å²) in [6, 6.07) is 10.9. The third-order valence-corrected chi connectivity index (χ3v) is 6.91. The Bertz CT molecular complexity index is 1140. The number of hydrogen-bond acceptors (Lipinski definition) is 7. The molecule has 2 aromatic carbocycles. The zero-order valence-corrected chi connectivity index (χ0v) is 18.1. The maximum atomic E-state index is 12.8. The number of nitrogens with zero attached hydrogens (tertiary/aromatic N) is 1. The Labute approximate surface area is 179 Å². The van der Waals surface area contributed by atoms with E-state index >= 15 is 0 Å². The first-order valence-electron chi connectivity index (χ1n) is 9.36. The van der Waals surface area contributed by atoms with E-state index in [0.29, 0.717) is 22.9 Å². The Balaban J connectivity index is 1.75. The highest BCUT2D eigenvalue weighted by Crippen LogP contribution is 2.32. The maximum absolute atomic E-state index is 12.8. The lowest BCUT2D eigenvalue weighted by Crippen LogP contribution is -2.36. The highest BCUT2D eigenvalue weighted by atomic mass is 32.2. The van der Waals surface area contributed by atoms with Crippen LogP contribution in [0.2, 0.25) is 0 Å². The van der Waals surface area contributed by atoms with Crippen molar-refractivity contribution in [3.8, 4) is 11.5 Å². The van der Waals surface area contributed by atoms with Crippen LogP contribution in [0.1, 0.15) is 17.3 Å². The molecule has 164 valence electrons. The minimum atomic E-state index is -4.11. The summed E-state index contributed by atoms with van der Waals surface area (Å²) in [5.41, 5.74) is 0.803. The van der Waals surface area contributed by atoms with Gasteiger partial charge < -0.3 is 19.7 Å². The van der Waals surface area contributed by atoms with Crippen molar-refractivity contribution in [3.05, 3.63) is 48.0 Å². The Morgan fingerprint density at radius 1 is 1.23 bits per heavy atom. The molecule has 0 saturated heterocycles. The number of Topliss-reactive ketones (excluding diaryl/α,β-unsaturated/α-hetero) is 1. The van der Waals surface area contributed by atoms with E-state index in [1.165, 1.54) is 37.1 Å². The summed E-state index contributed by atoms with van der Waals surface area (Å²) < 4.78 is 35.8. The van der Waals surface area contributed by atoms with E-state index in [9.17, 15) is 22.8 Å². The smallest absolute Gasteiger partial charge is 0.264 e. The van der Waals surface area contributed by atoms with Crippen LogP contribution in [0.15, 0.2) is 42.5 Å². The summed E-state index contributed by atoms with van der Waals surface area (Å²) in [5.74, 6) is -1.82.